The summed E-state index contributed by atoms with van der Waals surface area (Å²) in [6, 6.07) is 9.36. The summed E-state index contributed by atoms with van der Waals surface area (Å²) in [5.74, 6) is -0.0133. The first kappa shape index (κ1) is 15.5. The number of carbonyl (C=O) groups is 2. The van der Waals surface area contributed by atoms with Crippen molar-refractivity contribution in [1.29, 1.82) is 0 Å². The molecule has 2 rings (SSSR count). The van der Waals surface area contributed by atoms with Crippen molar-refractivity contribution >= 4 is 11.8 Å². The number of likely N-dealkylation sites (tertiary alicyclic amines) is 1. The highest BCUT2D eigenvalue weighted by atomic mass is 16.2. The smallest absolute Gasteiger partial charge is 0.237 e. The van der Waals surface area contributed by atoms with Crippen LogP contribution in [0.25, 0.3) is 0 Å². The second kappa shape index (κ2) is 7.22. The van der Waals surface area contributed by atoms with Crippen molar-refractivity contribution in [3.8, 4) is 0 Å². The summed E-state index contributed by atoms with van der Waals surface area (Å²) in [5.41, 5.74) is 7.03. The van der Waals surface area contributed by atoms with Gasteiger partial charge in [-0.25, -0.2) is 0 Å². The zero-order valence-corrected chi connectivity index (χ0v) is 12.4. The zero-order valence-electron chi connectivity index (χ0n) is 12.4. The molecule has 1 unspecified atom stereocenters. The summed E-state index contributed by atoms with van der Waals surface area (Å²) in [5, 5.41) is 3.00. The molecule has 1 aromatic rings. The molecule has 0 spiro atoms. The lowest BCUT2D eigenvalue weighted by Crippen LogP contribution is -2.50. The molecule has 0 saturated carbocycles. The summed E-state index contributed by atoms with van der Waals surface area (Å²) >= 11 is 0. The lowest BCUT2D eigenvalue weighted by Gasteiger charge is -2.32. The number of amides is 2. The van der Waals surface area contributed by atoms with E-state index in [0.717, 1.165) is 18.4 Å². The molecule has 0 radical (unpaired) electrons. The molecule has 1 aliphatic heterocycles. The Morgan fingerprint density at radius 3 is 2.48 bits per heavy atom. The van der Waals surface area contributed by atoms with E-state index in [1.807, 2.05) is 35.2 Å². The Morgan fingerprint density at radius 1 is 1.29 bits per heavy atom. The molecule has 1 aromatic carbocycles. The Hall–Kier alpha value is -1.88. The van der Waals surface area contributed by atoms with Gasteiger partial charge in [0, 0.05) is 26.1 Å². The Morgan fingerprint density at radius 2 is 1.90 bits per heavy atom. The van der Waals surface area contributed by atoms with E-state index in [-0.39, 0.29) is 17.9 Å². The standard InChI is InChI=1S/C16H23N3O2/c1-12(20)19-9-7-14(8-10-19)18-16(21)15(17)11-13-5-3-2-4-6-13/h2-6,14-15H,7-11,17H2,1H3,(H,18,21). The summed E-state index contributed by atoms with van der Waals surface area (Å²) in [4.78, 5) is 25.2. The third-order valence-electron chi connectivity index (χ3n) is 3.92. The van der Waals surface area contributed by atoms with Crippen molar-refractivity contribution < 1.29 is 9.59 Å². The van der Waals surface area contributed by atoms with Gasteiger partial charge in [0.05, 0.1) is 6.04 Å². The highest BCUT2D eigenvalue weighted by Crippen LogP contribution is 2.11. The Kier molecular flexibility index (Phi) is 5.33. The van der Waals surface area contributed by atoms with Crippen LogP contribution in [0.15, 0.2) is 30.3 Å². The molecule has 5 heteroatoms. The summed E-state index contributed by atoms with van der Waals surface area (Å²) < 4.78 is 0. The van der Waals surface area contributed by atoms with Gasteiger partial charge in [0.1, 0.15) is 0 Å². The van der Waals surface area contributed by atoms with Gasteiger partial charge in [-0.05, 0) is 24.8 Å². The second-order valence-corrected chi connectivity index (χ2v) is 5.59. The molecule has 0 bridgehead atoms. The number of nitrogens with one attached hydrogen (secondary N) is 1. The van der Waals surface area contributed by atoms with Gasteiger partial charge in [-0.1, -0.05) is 30.3 Å². The van der Waals surface area contributed by atoms with Gasteiger partial charge in [0.25, 0.3) is 0 Å². The molecule has 1 aliphatic rings. The normalized spacial score (nSPS) is 17.3. The van der Waals surface area contributed by atoms with E-state index in [9.17, 15) is 9.59 Å². The van der Waals surface area contributed by atoms with Crippen LogP contribution in [-0.2, 0) is 16.0 Å². The van der Waals surface area contributed by atoms with Crippen molar-refractivity contribution in [3.63, 3.8) is 0 Å². The number of nitrogens with zero attached hydrogens (tertiary/aromatic N) is 1. The van der Waals surface area contributed by atoms with Crippen LogP contribution >= 0.6 is 0 Å². The SMILES string of the molecule is CC(=O)N1CCC(NC(=O)C(N)Cc2ccccc2)CC1. The van der Waals surface area contributed by atoms with Crippen LogP contribution in [0.3, 0.4) is 0 Å². The van der Waals surface area contributed by atoms with E-state index in [4.69, 9.17) is 5.73 Å². The third kappa shape index (κ3) is 4.56. The fraction of sp³-hybridized carbons (Fsp3) is 0.500. The average Bonchev–Trinajstić information content (AvgIpc) is 2.48. The van der Waals surface area contributed by atoms with Crippen LogP contribution in [0.4, 0.5) is 0 Å². The molecular weight excluding hydrogens is 266 g/mol. The molecule has 1 heterocycles. The quantitative estimate of drug-likeness (QED) is 0.856. The predicted molar refractivity (Wildman–Crippen MR) is 81.5 cm³/mol. The van der Waals surface area contributed by atoms with E-state index >= 15 is 0 Å². The maximum atomic E-state index is 12.1. The number of hydrogen-bond donors (Lipinski definition) is 2. The van der Waals surface area contributed by atoms with Crippen molar-refractivity contribution in [2.45, 2.75) is 38.3 Å². The van der Waals surface area contributed by atoms with Crippen LogP contribution in [0.2, 0.25) is 0 Å². The van der Waals surface area contributed by atoms with Crippen LogP contribution < -0.4 is 11.1 Å². The molecule has 21 heavy (non-hydrogen) atoms. The van der Waals surface area contributed by atoms with Crippen LogP contribution in [-0.4, -0.2) is 41.9 Å². The van der Waals surface area contributed by atoms with Crippen LogP contribution in [0.1, 0.15) is 25.3 Å². The van der Waals surface area contributed by atoms with E-state index in [1.54, 1.807) is 6.92 Å². The van der Waals surface area contributed by atoms with Gasteiger partial charge in [-0.2, -0.15) is 0 Å². The molecule has 1 fully saturated rings. The van der Waals surface area contributed by atoms with Crippen molar-refractivity contribution in [1.82, 2.24) is 10.2 Å². The maximum Gasteiger partial charge on any atom is 0.237 e. The molecule has 3 N–H and O–H groups in total. The van der Waals surface area contributed by atoms with E-state index in [2.05, 4.69) is 5.32 Å². The van der Waals surface area contributed by atoms with Crippen LogP contribution in [0, 0.1) is 0 Å². The topological polar surface area (TPSA) is 75.4 Å². The summed E-state index contributed by atoms with van der Waals surface area (Å²) in [6.45, 7) is 2.98. The highest BCUT2D eigenvalue weighted by molar-refractivity contribution is 5.82. The predicted octanol–water partition coefficient (Wildman–Crippen LogP) is 0.684. The van der Waals surface area contributed by atoms with Gasteiger partial charge in [-0.15, -0.1) is 0 Å². The van der Waals surface area contributed by atoms with E-state index in [1.165, 1.54) is 0 Å². The largest absolute Gasteiger partial charge is 0.352 e. The van der Waals surface area contributed by atoms with Gasteiger partial charge >= 0.3 is 0 Å². The van der Waals surface area contributed by atoms with E-state index < -0.39 is 6.04 Å². The third-order valence-corrected chi connectivity index (χ3v) is 3.92. The van der Waals surface area contributed by atoms with Crippen molar-refractivity contribution in [2.24, 2.45) is 5.73 Å². The number of rotatable bonds is 4. The first-order chi connectivity index (χ1) is 10.1. The molecular formula is C16H23N3O2. The van der Waals surface area contributed by atoms with Crippen molar-refractivity contribution in [3.05, 3.63) is 35.9 Å². The minimum absolute atomic E-state index is 0.0977. The summed E-state index contributed by atoms with van der Waals surface area (Å²) in [6.07, 6.45) is 2.13. The van der Waals surface area contributed by atoms with Gasteiger partial charge in [0.2, 0.25) is 11.8 Å². The fourth-order valence-corrected chi connectivity index (χ4v) is 2.61. The number of hydrogen-bond acceptors (Lipinski definition) is 3. The molecule has 0 aromatic heterocycles. The van der Waals surface area contributed by atoms with Gasteiger partial charge in [-0.3, -0.25) is 9.59 Å². The maximum absolute atomic E-state index is 12.1. The first-order valence-corrected chi connectivity index (χ1v) is 7.41. The Bertz CT molecular complexity index is 482. The lowest BCUT2D eigenvalue weighted by molar-refractivity contribution is -0.130. The fourth-order valence-electron chi connectivity index (χ4n) is 2.61. The van der Waals surface area contributed by atoms with E-state index in [0.29, 0.717) is 19.5 Å². The zero-order chi connectivity index (χ0) is 15.2. The van der Waals surface area contributed by atoms with Crippen LogP contribution in [0.5, 0.6) is 0 Å². The minimum atomic E-state index is -0.529. The number of nitrogens with two attached hydrogens (primary N) is 1. The number of benzene rings is 1. The van der Waals surface area contributed by atoms with Gasteiger partial charge < -0.3 is 16.0 Å². The average molecular weight is 289 g/mol. The molecule has 1 atom stereocenters. The molecule has 114 valence electrons. The highest BCUT2D eigenvalue weighted by Gasteiger charge is 2.23. The number of carbonyl (C=O) groups excluding carboxylic acids is 2. The van der Waals surface area contributed by atoms with Gasteiger partial charge in [0.15, 0.2) is 0 Å². The molecule has 5 nitrogen and oxygen atoms in total. The Labute approximate surface area is 125 Å². The summed E-state index contributed by atoms with van der Waals surface area (Å²) in [7, 11) is 0. The minimum Gasteiger partial charge on any atom is -0.352 e. The lowest BCUT2D eigenvalue weighted by atomic mass is 10.0. The van der Waals surface area contributed by atoms with Crippen molar-refractivity contribution in [2.75, 3.05) is 13.1 Å². The molecule has 0 aliphatic carbocycles. The first-order valence-electron chi connectivity index (χ1n) is 7.41. The second-order valence-electron chi connectivity index (χ2n) is 5.59. The molecule has 2 amide bonds. The monoisotopic (exact) mass is 289 g/mol. The molecule has 1 saturated heterocycles. The number of piperidine rings is 1. The Balaban J connectivity index is 1.78.